The van der Waals surface area contributed by atoms with Crippen molar-refractivity contribution in [2.45, 2.75) is 13.0 Å². The Morgan fingerprint density at radius 2 is 2.29 bits per heavy atom. The second-order valence-electron chi connectivity index (χ2n) is 3.29. The van der Waals surface area contributed by atoms with Gasteiger partial charge in [-0.1, -0.05) is 0 Å². The summed E-state index contributed by atoms with van der Waals surface area (Å²) in [6.45, 7) is 1.90. The van der Waals surface area contributed by atoms with E-state index >= 15 is 0 Å². The molecule has 0 fully saturated rings. The molecule has 1 atom stereocenters. The normalized spacial score (nSPS) is 13.1. The maximum atomic E-state index is 5.72. The van der Waals surface area contributed by atoms with Gasteiger partial charge in [0.15, 0.2) is 0 Å². The quantitative estimate of drug-likeness (QED) is 0.757. The van der Waals surface area contributed by atoms with Gasteiger partial charge in [-0.3, -0.25) is 0 Å². The van der Waals surface area contributed by atoms with Crippen LogP contribution in [0.2, 0.25) is 0 Å². The summed E-state index contributed by atoms with van der Waals surface area (Å²) in [4.78, 5) is 7.51. The molecule has 1 heterocycles. The second-order valence-corrected chi connectivity index (χ2v) is 3.29. The van der Waals surface area contributed by atoms with Gasteiger partial charge in [0, 0.05) is 6.07 Å². The van der Waals surface area contributed by atoms with E-state index in [1.807, 2.05) is 25.1 Å². The van der Waals surface area contributed by atoms with E-state index in [-0.39, 0.29) is 6.04 Å². The Kier molecular flexibility index (Phi) is 2.13. The van der Waals surface area contributed by atoms with E-state index in [9.17, 15) is 0 Å². The zero-order chi connectivity index (χ0) is 10.1. The molecule has 0 radical (unpaired) electrons. The molecule has 0 bridgehead atoms. The van der Waals surface area contributed by atoms with E-state index in [1.54, 1.807) is 7.11 Å². The van der Waals surface area contributed by atoms with Crippen LogP contribution in [0.25, 0.3) is 11.0 Å². The lowest BCUT2D eigenvalue weighted by Crippen LogP contribution is -2.06. The van der Waals surface area contributed by atoms with Crippen molar-refractivity contribution in [3.63, 3.8) is 0 Å². The molecule has 2 rings (SSSR count). The van der Waals surface area contributed by atoms with Crippen molar-refractivity contribution in [2.75, 3.05) is 7.11 Å². The van der Waals surface area contributed by atoms with Gasteiger partial charge in [0.2, 0.25) is 0 Å². The van der Waals surface area contributed by atoms with Gasteiger partial charge in [0.1, 0.15) is 11.6 Å². The number of methoxy groups -OCH3 is 1. The first-order valence-corrected chi connectivity index (χ1v) is 4.50. The number of ether oxygens (including phenoxy) is 1. The lowest BCUT2D eigenvalue weighted by molar-refractivity contribution is 0.415. The van der Waals surface area contributed by atoms with Crippen molar-refractivity contribution in [1.82, 2.24) is 9.97 Å². The first kappa shape index (κ1) is 9.02. The highest BCUT2D eigenvalue weighted by Gasteiger charge is 2.06. The van der Waals surface area contributed by atoms with Crippen LogP contribution in [0.3, 0.4) is 0 Å². The fourth-order valence-corrected chi connectivity index (χ4v) is 1.35. The fourth-order valence-electron chi connectivity index (χ4n) is 1.35. The first-order valence-electron chi connectivity index (χ1n) is 4.50. The maximum Gasteiger partial charge on any atom is 0.123 e. The highest BCUT2D eigenvalue weighted by Crippen LogP contribution is 2.20. The molecule has 4 heteroatoms. The number of aromatic amines is 1. The summed E-state index contributed by atoms with van der Waals surface area (Å²) in [5.74, 6) is 1.62. The van der Waals surface area contributed by atoms with Gasteiger partial charge in [0.05, 0.1) is 24.2 Å². The third-order valence-electron chi connectivity index (χ3n) is 2.14. The number of nitrogens with one attached hydrogen (secondary N) is 1. The SMILES string of the molecule is COc1ccc2nc([C@H](C)N)[nH]c2c1. The van der Waals surface area contributed by atoms with Crippen LogP contribution >= 0.6 is 0 Å². The molecule has 0 saturated carbocycles. The van der Waals surface area contributed by atoms with Crippen LogP contribution in [0.5, 0.6) is 5.75 Å². The third kappa shape index (κ3) is 1.44. The predicted octanol–water partition coefficient (Wildman–Crippen LogP) is 1.59. The van der Waals surface area contributed by atoms with E-state index in [1.165, 1.54) is 0 Å². The predicted molar refractivity (Wildman–Crippen MR) is 55.2 cm³/mol. The first-order chi connectivity index (χ1) is 6.70. The van der Waals surface area contributed by atoms with Crippen molar-refractivity contribution in [3.05, 3.63) is 24.0 Å². The van der Waals surface area contributed by atoms with Gasteiger partial charge in [-0.25, -0.2) is 4.98 Å². The van der Waals surface area contributed by atoms with Crippen molar-refractivity contribution in [2.24, 2.45) is 5.73 Å². The Bertz CT molecular complexity index is 448. The van der Waals surface area contributed by atoms with Crippen LogP contribution in [-0.2, 0) is 0 Å². The molecule has 1 aromatic heterocycles. The summed E-state index contributed by atoms with van der Waals surface area (Å²) in [7, 11) is 1.64. The number of nitrogens with two attached hydrogens (primary N) is 1. The minimum absolute atomic E-state index is 0.0756. The van der Waals surface area contributed by atoms with E-state index in [0.717, 1.165) is 22.6 Å². The largest absolute Gasteiger partial charge is 0.497 e. The summed E-state index contributed by atoms with van der Waals surface area (Å²) in [6, 6.07) is 5.63. The topological polar surface area (TPSA) is 63.9 Å². The van der Waals surface area contributed by atoms with E-state index in [4.69, 9.17) is 10.5 Å². The lowest BCUT2D eigenvalue weighted by Gasteiger charge is -1.97. The number of benzene rings is 1. The van der Waals surface area contributed by atoms with Crippen LogP contribution in [0.15, 0.2) is 18.2 Å². The van der Waals surface area contributed by atoms with Crippen LogP contribution in [0.4, 0.5) is 0 Å². The molecule has 2 aromatic rings. The molecule has 1 aromatic carbocycles. The lowest BCUT2D eigenvalue weighted by atomic mass is 10.3. The Morgan fingerprint density at radius 3 is 2.93 bits per heavy atom. The summed E-state index contributed by atoms with van der Waals surface area (Å²) in [5, 5.41) is 0. The number of hydrogen-bond acceptors (Lipinski definition) is 3. The molecule has 0 aliphatic heterocycles. The number of hydrogen-bond donors (Lipinski definition) is 2. The summed E-state index contributed by atoms with van der Waals surface area (Å²) < 4.78 is 5.11. The third-order valence-corrected chi connectivity index (χ3v) is 2.14. The zero-order valence-corrected chi connectivity index (χ0v) is 8.24. The average molecular weight is 191 g/mol. The summed E-state index contributed by atoms with van der Waals surface area (Å²) >= 11 is 0. The van der Waals surface area contributed by atoms with Crippen LogP contribution in [-0.4, -0.2) is 17.1 Å². The van der Waals surface area contributed by atoms with Crippen molar-refractivity contribution < 1.29 is 4.74 Å². The minimum atomic E-state index is -0.0756. The number of H-pyrrole nitrogens is 1. The van der Waals surface area contributed by atoms with Crippen molar-refractivity contribution in [1.29, 1.82) is 0 Å². The monoisotopic (exact) mass is 191 g/mol. The van der Waals surface area contributed by atoms with Crippen LogP contribution in [0, 0.1) is 0 Å². The molecular formula is C10H13N3O. The Labute approximate surface area is 82.1 Å². The molecule has 14 heavy (non-hydrogen) atoms. The van der Waals surface area contributed by atoms with Gasteiger partial charge < -0.3 is 15.5 Å². The van der Waals surface area contributed by atoms with E-state index < -0.39 is 0 Å². The number of nitrogens with zero attached hydrogens (tertiary/aromatic N) is 1. The second kappa shape index (κ2) is 3.31. The molecule has 0 aliphatic rings. The Morgan fingerprint density at radius 1 is 1.50 bits per heavy atom. The molecule has 0 spiro atoms. The van der Waals surface area contributed by atoms with Crippen LogP contribution in [0.1, 0.15) is 18.8 Å². The summed E-state index contributed by atoms with van der Waals surface area (Å²) in [5.41, 5.74) is 7.59. The molecule has 4 nitrogen and oxygen atoms in total. The molecule has 0 aliphatic carbocycles. The van der Waals surface area contributed by atoms with Crippen LogP contribution < -0.4 is 10.5 Å². The zero-order valence-electron chi connectivity index (χ0n) is 8.24. The van der Waals surface area contributed by atoms with Crippen molar-refractivity contribution >= 4 is 11.0 Å². The van der Waals surface area contributed by atoms with Gasteiger partial charge in [-0.2, -0.15) is 0 Å². The van der Waals surface area contributed by atoms with Gasteiger partial charge in [0.25, 0.3) is 0 Å². The van der Waals surface area contributed by atoms with Gasteiger partial charge in [-0.05, 0) is 19.1 Å². The highest BCUT2D eigenvalue weighted by molar-refractivity contribution is 5.76. The average Bonchev–Trinajstić information content (AvgIpc) is 2.59. The molecular weight excluding hydrogens is 178 g/mol. The molecule has 74 valence electrons. The standard InChI is InChI=1S/C10H13N3O/c1-6(11)10-12-8-4-3-7(14-2)5-9(8)13-10/h3-6H,11H2,1-2H3,(H,12,13)/t6-/m0/s1. The fraction of sp³-hybridized carbons (Fsp3) is 0.300. The smallest absolute Gasteiger partial charge is 0.123 e. The van der Waals surface area contributed by atoms with Crippen molar-refractivity contribution in [3.8, 4) is 5.75 Å². The maximum absolute atomic E-state index is 5.72. The molecule has 0 unspecified atom stereocenters. The Balaban J connectivity index is 2.54. The van der Waals surface area contributed by atoms with E-state index in [2.05, 4.69) is 9.97 Å². The van der Waals surface area contributed by atoms with Gasteiger partial charge >= 0.3 is 0 Å². The highest BCUT2D eigenvalue weighted by atomic mass is 16.5. The van der Waals surface area contributed by atoms with E-state index in [0.29, 0.717) is 0 Å². The number of aromatic nitrogens is 2. The minimum Gasteiger partial charge on any atom is -0.497 e. The molecule has 0 amide bonds. The number of imidazole rings is 1. The number of fused-ring (bicyclic) bond motifs is 1. The Hall–Kier alpha value is -1.55. The van der Waals surface area contributed by atoms with Gasteiger partial charge in [-0.15, -0.1) is 0 Å². The molecule has 3 N–H and O–H groups in total. The number of rotatable bonds is 2. The summed E-state index contributed by atoms with van der Waals surface area (Å²) in [6.07, 6.45) is 0. The molecule has 0 saturated heterocycles.